The Labute approximate surface area is 264 Å². The third-order valence-corrected chi connectivity index (χ3v) is 8.80. The molecule has 0 spiro atoms. The van der Waals surface area contributed by atoms with Gasteiger partial charge in [-0.25, -0.2) is 0 Å². The maximum Gasteiger partial charge on any atom is 0.389 e. The van der Waals surface area contributed by atoms with E-state index < -0.39 is 43.0 Å². The lowest BCUT2D eigenvalue weighted by Crippen LogP contribution is -2.48. The molecule has 12 heteroatoms. The molecule has 0 bridgehead atoms. The molecule has 9 nitrogen and oxygen atoms in total. The Balaban J connectivity index is 1.88. The summed E-state index contributed by atoms with van der Waals surface area (Å²) in [6.45, 7) is 5.75. The molecule has 45 heavy (non-hydrogen) atoms. The molecule has 2 aliphatic rings. The molecule has 0 unspecified atom stereocenters. The molecule has 1 fully saturated rings. The summed E-state index contributed by atoms with van der Waals surface area (Å²) in [6.07, 6.45) is -0.0793. The minimum absolute atomic E-state index is 0.0564. The van der Waals surface area contributed by atoms with Gasteiger partial charge in [-0.3, -0.25) is 14.4 Å². The van der Waals surface area contributed by atoms with Crippen molar-refractivity contribution in [3.8, 4) is 5.75 Å². The number of alkyl halides is 3. The average molecular weight is 642 g/mol. The number of anilines is 1. The van der Waals surface area contributed by atoms with Gasteiger partial charge in [0.2, 0.25) is 11.8 Å². The number of hydrogen-bond acceptors (Lipinski definition) is 6. The molecule has 0 aromatic heterocycles. The lowest BCUT2D eigenvalue weighted by molar-refractivity contribution is -0.149. The van der Waals surface area contributed by atoms with E-state index in [0.717, 1.165) is 38.5 Å². The summed E-state index contributed by atoms with van der Waals surface area (Å²) >= 11 is 0. The van der Waals surface area contributed by atoms with E-state index >= 15 is 0 Å². The molecule has 3 rings (SSSR count). The summed E-state index contributed by atoms with van der Waals surface area (Å²) in [4.78, 5) is 42.5. The van der Waals surface area contributed by atoms with E-state index in [-0.39, 0.29) is 49.1 Å². The Morgan fingerprint density at radius 3 is 2.47 bits per heavy atom. The van der Waals surface area contributed by atoms with Crippen molar-refractivity contribution in [2.45, 2.75) is 109 Å². The van der Waals surface area contributed by atoms with Gasteiger partial charge in [-0.2, -0.15) is 13.2 Å². The highest BCUT2D eigenvalue weighted by molar-refractivity contribution is 6.00. The summed E-state index contributed by atoms with van der Waals surface area (Å²) in [5, 5.41) is 13.1. The predicted octanol–water partition coefficient (Wildman–Crippen LogP) is 5.80. The maximum absolute atomic E-state index is 14.2. The van der Waals surface area contributed by atoms with Crippen LogP contribution in [0, 0.1) is 11.8 Å². The minimum Gasteiger partial charge on any atom is -0.490 e. The fourth-order valence-electron chi connectivity index (χ4n) is 5.88. The van der Waals surface area contributed by atoms with E-state index in [0.29, 0.717) is 30.9 Å². The number of aliphatic hydroxyl groups excluding tert-OH is 1. The maximum atomic E-state index is 14.2. The SMILES string of the molecule is C[C@@H]1CN([C@@H](C)CO)C(=O)c2cc(NC(=O)C3CCCCC3)ccc2O[C@@H](C)CCCCO[C@@H]1CN(C)C(=O)CCC(F)(F)F. The number of amides is 3. The molecule has 1 aromatic carbocycles. The van der Waals surface area contributed by atoms with Gasteiger partial charge >= 0.3 is 6.18 Å². The van der Waals surface area contributed by atoms with Crippen molar-refractivity contribution in [3.05, 3.63) is 23.8 Å². The van der Waals surface area contributed by atoms with Crippen molar-refractivity contribution in [3.63, 3.8) is 0 Å². The van der Waals surface area contributed by atoms with Crippen LogP contribution in [0.1, 0.15) is 95.3 Å². The van der Waals surface area contributed by atoms with Gasteiger partial charge in [0, 0.05) is 50.7 Å². The molecule has 1 aliphatic heterocycles. The Kier molecular flexibility index (Phi) is 14.0. The van der Waals surface area contributed by atoms with Crippen LogP contribution >= 0.6 is 0 Å². The third-order valence-electron chi connectivity index (χ3n) is 8.80. The number of benzene rings is 1. The number of aliphatic hydroxyl groups is 1. The van der Waals surface area contributed by atoms with Crippen LogP contribution in [0.25, 0.3) is 0 Å². The monoisotopic (exact) mass is 641 g/mol. The first-order valence-corrected chi connectivity index (χ1v) is 16.2. The minimum atomic E-state index is -4.43. The lowest BCUT2D eigenvalue weighted by Gasteiger charge is -2.36. The molecular weight excluding hydrogens is 591 g/mol. The Morgan fingerprint density at radius 2 is 1.80 bits per heavy atom. The van der Waals surface area contributed by atoms with Gasteiger partial charge in [-0.15, -0.1) is 0 Å². The van der Waals surface area contributed by atoms with Gasteiger partial charge in [-0.1, -0.05) is 26.2 Å². The van der Waals surface area contributed by atoms with Crippen molar-refractivity contribution in [1.29, 1.82) is 0 Å². The Hall–Kier alpha value is -2.86. The van der Waals surface area contributed by atoms with E-state index in [1.807, 2.05) is 13.8 Å². The van der Waals surface area contributed by atoms with Crippen molar-refractivity contribution in [1.82, 2.24) is 9.80 Å². The van der Waals surface area contributed by atoms with E-state index in [2.05, 4.69) is 5.32 Å². The summed E-state index contributed by atoms with van der Waals surface area (Å²) < 4.78 is 50.6. The van der Waals surface area contributed by atoms with Crippen LogP contribution in [0.3, 0.4) is 0 Å². The highest BCUT2D eigenvalue weighted by Crippen LogP contribution is 2.30. The van der Waals surface area contributed by atoms with Crippen LogP contribution in [0.5, 0.6) is 5.75 Å². The number of likely N-dealkylation sites (N-methyl/N-ethyl adjacent to an activating group) is 1. The zero-order chi connectivity index (χ0) is 33.1. The number of ether oxygens (including phenoxy) is 2. The number of rotatable bonds is 8. The zero-order valence-electron chi connectivity index (χ0n) is 27.0. The number of fused-ring (bicyclic) bond motifs is 1. The summed E-state index contributed by atoms with van der Waals surface area (Å²) in [7, 11) is 1.46. The van der Waals surface area contributed by atoms with Crippen molar-refractivity contribution in [2.75, 3.05) is 38.7 Å². The lowest BCUT2D eigenvalue weighted by atomic mass is 9.88. The van der Waals surface area contributed by atoms with Gasteiger partial charge in [0.05, 0.1) is 36.8 Å². The smallest absolute Gasteiger partial charge is 0.389 e. The Bertz CT molecular complexity index is 1130. The number of carbonyl (C=O) groups excluding carboxylic acids is 3. The highest BCUT2D eigenvalue weighted by Gasteiger charge is 2.33. The van der Waals surface area contributed by atoms with Crippen LogP contribution < -0.4 is 10.1 Å². The molecule has 0 saturated heterocycles. The van der Waals surface area contributed by atoms with Crippen molar-refractivity contribution < 1.29 is 42.1 Å². The number of hydrogen-bond donors (Lipinski definition) is 2. The van der Waals surface area contributed by atoms with E-state index in [1.165, 1.54) is 16.8 Å². The van der Waals surface area contributed by atoms with Gasteiger partial charge < -0.3 is 29.7 Å². The quantitative estimate of drug-likeness (QED) is 0.372. The number of nitrogens with zero attached hydrogens (tertiary/aromatic N) is 2. The van der Waals surface area contributed by atoms with Crippen molar-refractivity contribution in [2.24, 2.45) is 11.8 Å². The third kappa shape index (κ3) is 11.5. The van der Waals surface area contributed by atoms with E-state index in [4.69, 9.17) is 9.47 Å². The second-order valence-corrected chi connectivity index (χ2v) is 12.7. The van der Waals surface area contributed by atoms with Gasteiger partial charge in [0.25, 0.3) is 5.91 Å². The first kappa shape index (κ1) is 36.6. The molecule has 3 amide bonds. The molecule has 1 heterocycles. The predicted molar refractivity (Wildman–Crippen MR) is 165 cm³/mol. The van der Waals surface area contributed by atoms with Crippen LogP contribution in [0.4, 0.5) is 18.9 Å². The molecule has 1 saturated carbocycles. The zero-order valence-corrected chi connectivity index (χ0v) is 27.0. The molecule has 1 aromatic rings. The standard InChI is InChI=1S/C33H50F3N3O6/c1-22-19-39(23(2)21-40)32(43)27-18-26(37-31(42)25-11-6-5-7-12-25)13-14-28(27)45-24(3)10-8-9-17-44-29(22)20-38(4)30(41)15-16-33(34,35)36/h13-14,18,22-25,29,40H,5-12,15-17,19-21H2,1-4H3,(H,37,42)/t22-,23+,24+,29-/m1/s1. The van der Waals surface area contributed by atoms with Crippen LogP contribution in [0.15, 0.2) is 18.2 Å². The largest absolute Gasteiger partial charge is 0.490 e. The topological polar surface area (TPSA) is 108 Å². The summed E-state index contributed by atoms with van der Waals surface area (Å²) in [6, 6.07) is 4.47. The molecule has 1 aliphatic carbocycles. The Morgan fingerprint density at radius 1 is 1.11 bits per heavy atom. The fraction of sp³-hybridized carbons (Fsp3) is 0.727. The first-order chi connectivity index (χ1) is 21.3. The van der Waals surface area contributed by atoms with Crippen molar-refractivity contribution >= 4 is 23.4 Å². The highest BCUT2D eigenvalue weighted by atomic mass is 19.4. The van der Waals surface area contributed by atoms with Crippen LogP contribution in [-0.2, 0) is 14.3 Å². The molecule has 254 valence electrons. The fourth-order valence-corrected chi connectivity index (χ4v) is 5.88. The van der Waals surface area contributed by atoms with E-state index in [1.54, 1.807) is 25.1 Å². The molecule has 4 atom stereocenters. The molecule has 0 radical (unpaired) electrons. The van der Waals surface area contributed by atoms with Crippen LogP contribution in [-0.4, -0.2) is 90.4 Å². The van der Waals surface area contributed by atoms with E-state index in [9.17, 15) is 32.7 Å². The number of halogens is 3. The van der Waals surface area contributed by atoms with Gasteiger partial charge in [-0.05, 0) is 64.2 Å². The van der Waals surface area contributed by atoms with Crippen LogP contribution in [0.2, 0.25) is 0 Å². The second-order valence-electron chi connectivity index (χ2n) is 12.7. The normalized spacial score (nSPS) is 23.3. The second kappa shape index (κ2) is 17.2. The number of carbonyl (C=O) groups is 3. The molecular formula is C33H50F3N3O6. The summed E-state index contributed by atoms with van der Waals surface area (Å²) in [5.74, 6) is -1.14. The summed E-state index contributed by atoms with van der Waals surface area (Å²) in [5.41, 5.74) is 0.740. The molecule has 2 N–H and O–H groups in total. The van der Waals surface area contributed by atoms with Gasteiger partial charge in [0.1, 0.15) is 5.75 Å². The van der Waals surface area contributed by atoms with Gasteiger partial charge in [0.15, 0.2) is 0 Å². The number of nitrogens with one attached hydrogen (secondary N) is 1. The average Bonchev–Trinajstić information content (AvgIpc) is 3.01. The first-order valence-electron chi connectivity index (χ1n) is 16.2.